The van der Waals surface area contributed by atoms with Crippen LogP contribution in [0, 0.1) is 15.9 Å². The maximum Gasteiger partial charge on any atom is 0.357 e. The molecule has 0 unspecified atom stereocenters. The molecule has 0 aliphatic rings. The molecule has 0 spiro atoms. The van der Waals surface area contributed by atoms with Crippen molar-refractivity contribution in [3.8, 4) is 0 Å². The van der Waals surface area contributed by atoms with Gasteiger partial charge < -0.3 is 0 Å². The van der Waals surface area contributed by atoms with Gasteiger partial charge in [-0.25, -0.2) is 13.8 Å². The van der Waals surface area contributed by atoms with Gasteiger partial charge in [0.15, 0.2) is 0 Å². The van der Waals surface area contributed by atoms with Gasteiger partial charge in [-0.1, -0.05) is 18.2 Å². The van der Waals surface area contributed by atoms with Crippen LogP contribution in [0.3, 0.4) is 0 Å². The number of aromatic nitrogens is 6. The fourth-order valence-electron chi connectivity index (χ4n) is 4.20. The van der Waals surface area contributed by atoms with Gasteiger partial charge in [-0.05, 0) is 53.6 Å². The Labute approximate surface area is 226 Å². The Hall–Kier alpha value is -5.52. The Morgan fingerprint density at radius 2 is 1.48 bits per heavy atom. The van der Waals surface area contributed by atoms with E-state index in [1.807, 2.05) is 0 Å². The topological polar surface area (TPSA) is 131 Å². The second-order valence-electron chi connectivity index (χ2n) is 8.86. The smallest absolute Gasteiger partial charge is 0.283 e. The summed E-state index contributed by atoms with van der Waals surface area (Å²) in [5.41, 5.74) is -0.401. The van der Waals surface area contributed by atoms with E-state index < -0.39 is 21.9 Å². The molecule has 12 heteroatoms. The van der Waals surface area contributed by atoms with Crippen LogP contribution in [-0.2, 0) is 19.6 Å². The minimum absolute atomic E-state index is 0.0367. The van der Waals surface area contributed by atoms with Crippen molar-refractivity contribution >= 4 is 17.8 Å². The Morgan fingerprint density at radius 1 is 0.850 bits per heavy atom. The normalized spacial score (nSPS) is 11.2. The molecule has 0 amide bonds. The maximum absolute atomic E-state index is 14.1. The summed E-state index contributed by atoms with van der Waals surface area (Å²) in [5.74, 6) is -0.363. The standard InChI is InChI=1S/C28H22FN7O4/c29-24-4-2-1-3-23(24)19-33-16-22(15-32-33)5-6-25-26(36(39)40)27(37)35(18-21-9-13-31-14-10-21)28(38)34(25)17-20-7-11-30-12-8-20/h1-16H,17-19H2/b6-5+. The second-order valence-corrected chi connectivity index (χ2v) is 8.86. The number of pyridine rings is 2. The number of hydrogen-bond donors (Lipinski definition) is 0. The van der Waals surface area contributed by atoms with E-state index in [0.29, 0.717) is 22.3 Å². The average molecular weight is 540 g/mol. The van der Waals surface area contributed by atoms with Crippen LogP contribution in [0.15, 0.2) is 95.3 Å². The first-order valence-corrected chi connectivity index (χ1v) is 12.1. The Morgan fingerprint density at radius 3 is 2.10 bits per heavy atom. The lowest BCUT2D eigenvalue weighted by Gasteiger charge is -2.14. The Kier molecular flexibility index (Phi) is 7.49. The van der Waals surface area contributed by atoms with E-state index in [9.17, 15) is 24.1 Å². The lowest BCUT2D eigenvalue weighted by Crippen LogP contribution is -2.42. The largest absolute Gasteiger partial charge is 0.357 e. The molecule has 40 heavy (non-hydrogen) atoms. The van der Waals surface area contributed by atoms with E-state index in [0.717, 1.165) is 4.57 Å². The van der Waals surface area contributed by atoms with Crippen LogP contribution in [-0.4, -0.2) is 33.8 Å². The summed E-state index contributed by atoms with van der Waals surface area (Å²) in [6.45, 7) is -0.0202. The highest BCUT2D eigenvalue weighted by Crippen LogP contribution is 2.18. The van der Waals surface area contributed by atoms with Gasteiger partial charge in [0.1, 0.15) is 11.5 Å². The van der Waals surface area contributed by atoms with Gasteiger partial charge in [0.2, 0.25) is 0 Å². The van der Waals surface area contributed by atoms with E-state index in [1.165, 1.54) is 46.1 Å². The lowest BCUT2D eigenvalue weighted by molar-refractivity contribution is -0.387. The van der Waals surface area contributed by atoms with Crippen molar-refractivity contribution in [2.45, 2.75) is 19.6 Å². The molecule has 5 aromatic rings. The van der Waals surface area contributed by atoms with Crippen LogP contribution in [0.5, 0.6) is 0 Å². The Bertz CT molecular complexity index is 1810. The molecule has 0 radical (unpaired) electrons. The maximum atomic E-state index is 14.1. The van der Waals surface area contributed by atoms with E-state index >= 15 is 0 Å². The molecule has 1 aromatic carbocycles. The second kappa shape index (κ2) is 11.5. The molecule has 0 saturated heterocycles. The summed E-state index contributed by atoms with van der Waals surface area (Å²) >= 11 is 0. The SMILES string of the molecule is O=c1c([N+](=O)[O-])c(/C=C/c2cnn(Cc3ccccc3F)c2)n(Cc2ccncc2)c(=O)n1Cc1ccncc1. The monoisotopic (exact) mass is 539 g/mol. The number of benzene rings is 1. The number of halogens is 1. The molecule has 0 atom stereocenters. The van der Waals surface area contributed by atoms with Crippen LogP contribution in [0.2, 0.25) is 0 Å². The van der Waals surface area contributed by atoms with Crippen LogP contribution in [0.1, 0.15) is 27.9 Å². The number of nitrogens with zero attached hydrogens (tertiary/aromatic N) is 7. The zero-order valence-electron chi connectivity index (χ0n) is 21.0. The van der Waals surface area contributed by atoms with Gasteiger partial charge in [-0.15, -0.1) is 0 Å². The van der Waals surface area contributed by atoms with Gasteiger partial charge >= 0.3 is 16.9 Å². The summed E-state index contributed by atoms with van der Waals surface area (Å²) < 4.78 is 17.6. The first-order valence-electron chi connectivity index (χ1n) is 12.1. The minimum Gasteiger partial charge on any atom is -0.283 e. The summed E-state index contributed by atoms with van der Waals surface area (Å²) in [7, 11) is 0. The molecule has 0 aliphatic carbocycles. The molecular weight excluding hydrogens is 517 g/mol. The van der Waals surface area contributed by atoms with E-state index in [4.69, 9.17) is 0 Å². The first kappa shape index (κ1) is 26.1. The van der Waals surface area contributed by atoms with Crippen molar-refractivity contribution < 1.29 is 9.31 Å². The highest BCUT2D eigenvalue weighted by Gasteiger charge is 2.26. The fourth-order valence-corrected chi connectivity index (χ4v) is 4.20. The van der Waals surface area contributed by atoms with Crippen molar-refractivity contribution in [1.82, 2.24) is 28.9 Å². The van der Waals surface area contributed by atoms with Crippen LogP contribution >= 0.6 is 0 Å². The van der Waals surface area contributed by atoms with Crippen molar-refractivity contribution in [3.05, 3.63) is 150 Å². The molecule has 200 valence electrons. The van der Waals surface area contributed by atoms with Gasteiger partial charge in [0, 0.05) is 42.1 Å². The van der Waals surface area contributed by atoms with Crippen molar-refractivity contribution in [1.29, 1.82) is 0 Å². The molecule has 0 N–H and O–H groups in total. The van der Waals surface area contributed by atoms with Gasteiger partial charge in [-0.3, -0.25) is 34.1 Å². The quantitative estimate of drug-likeness (QED) is 0.207. The van der Waals surface area contributed by atoms with Crippen molar-refractivity contribution in [2.75, 3.05) is 0 Å². The highest BCUT2D eigenvalue weighted by atomic mass is 19.1. The molecule has 0 saturated carbocycles. The summed E-state index contributed by atoms with van der Waals surface area (Å²) in [6.07, 6.45) is 12.1. The van der Waals surface area contributed by atoms with Crippen LogP contribution < -0.4 is 11.2 Å². The molecular formula is C28H22FN7O4. The predicted molar refractivity (Wildman–Crippen MR) is 145 cm³/mol. The third kappa shape index (κ3) is 5.65. The highest BCUT2D eigenvalue weighted by molar-refractivity contribution is 5.71. The van der Waals surface area contributed by atoms with E-state index in [2.05, 4.69) is 15.1 Å². The lowest BCUT2D eigenvalue weighted by atomic mass is 10.2. The van der Waals surface area contributed by atoms with Gasteiger partial charge in [0.25, 0.3) is 0 Å². The molecule has 11 nitrogen and oxygen atoms in total. The van der Waals surface area contributed by atoms with E-state index in [-0.39, 0.29) is 31.1 Å². The molecule has 5 rings (SSSR count). The summed E-state index contributed by atoms with van der Waals surface area (Å²) in [6, 6.07) is 12.9. The third-order valence-corrected chi connectivity index (χ3v) is 6.18. The first-order chi connectivity index (χ1) is 19.4. The molecule has 0 bridgehead atoms. The number of nitro groups is 1. The van der Waals surface area contributed by atoms with E-state index in [1.54, 1.807) is 61.1 Å². The average Bonchev–Trinajstić information content (AvgIpc) is 3.41. The fraction of sp³-hybridized carbons (Fsp3) is 0.107. The summed E-state index contributed by atoms with van der Waals surface area (Å²) in [5, 5.41) is 16.4. The van der Waals surface area contributed by atoms with Gasteiger partial charge in [0.05, 0.1) is 30.8 Å². The zero-order valence-corrected chi connectivity index (χ0v) is 21.0. The third-order valence-electron chi connectivity index (χ3n) is 6.18. The van der Waals surface area contributed by atoms with Crippen LogP contribution in [0.4, 0.5) is 10.1 Å². The minimum atomic E-state index is -1.02. The zero-order chi connectivity index (χ0) is 28.1. The molecule has 0 fully saturated rings. The molecule has 4 heterocycles. The Balaban J connectivity index is 1.59. The number of hydrogen-bond acceptors (Lipinski definition) is 7. The predicted octanol–water partition coefficient (Wildman–Crippen LogP) is 3.36. The van der Waals surface area contributed by atoms with Crippen LogP contribution in [0.25, 0.3) is 12.2 Å². The van der Waals surface area contributed by atoms with Crippen molar-refractivity contribution in [2.24, 2.45) is 0 Å². The van der Waals surface area contributed by atoms with Crippen molar-refractivity contribution in [3.63, 3.8) is 0 Å². The summed E-state index contributed by atoms with van der Waals surface area (Å²) in [4.78, 5) is 46.2. The molecule has 0 aliphatic heterocycles. The number of rotatable bonds is 9. The van der Waals surface area contributed by atoms with Gasteiger partial charge in [-0.2, -0.15) is 5.10 Å². The molecule has 4 aromatic heterocycles.